The molecule has 0 atom stereocenters. The monoisotopic (exact) mass is 493 g/mol. The SMILES string of the molecule is COc1ccc(Cl)cc1C(=O)N(CCCN1CCOCC1)c1nc2c(C)ccc(Cl)c2s1. The van der Waals surface area contributed by atoms with Crippen molar-refractivity contribution in [2.24, 2.45) is 0 Å². The number of methoxy groups -OCH3 is 1. The highest BCUT2D eigenvalue weighted by Crippen LogP contribution is 2.37. The number of fused-ring (bicyclic) bond motifs is 1. The fourth-order valence-corrected chi connectivity index (χ4v) is 5.27. The molecule has 0 radical (unpaired) electrons. The number of benzene rings is 2. The number of halogens is 2. The van der Waals surface area contributed by atoms with Gasteiger partial charge >= 0.3 is 0 Å². The standard InChI is InChI=1S/C23H25Cl2N3O3S/c1-15-4-6-18(25)21-20(15)26-23(32-21)28(9-3-8-27-10-12-31-13-11-27)22(29)17-14-16(24)5-7-19(17)30-2/h4-7,14H,3,8-13H2,1-2H3. The molecule has 1 aliphatic heterocycles. The number of aryl methyl sites for hydroxylation is 1. The molecule has 1 aromatic heterocycles. The normalized spacial score (nSPS) is 14.6. The summed E-state index contributed by atoms with van der Waals surface area (Å²) in [4.78, 5) is 22.6. The molecule has 0 unspecified atom stereocenters. The summed E-state index contributed by atoms with van der Waals surface area (Å²) in [6.45, 7) is 6.70. The molecule has 170 valence electrons. The second-order valence-electron chi connectivity index (χ2n) is 7.65. The predicted octanol–water partition coefficient (Wildman–Crippen LogP) is 5.29. The average molecular weight is 494 g/mol. The molecule has 6 nitrogen and oxygen atoms in total. The lowest BCUT2D eigenvalue weighted by molar-refractivity contribution is 0.0376. The average Bonchev–Trinajstić information content (AvgIpc) is 3.26. The van der Waals surface area contributed by atoms with Crippen LogP contribution >= 0.6 is 34.5 Å². The molecule has 32 heavy (non-hydrogen) atoms. The predicted molar refractivity (Wildman–Crippen MR) is 131 cm³/mol. The van der Waals surface area contributed by atoms with Crippen LogP contribution in [0.4, 0.5) is 5.13 Å². The van der Waals surface area contributed by atoms with E-state index < -0.39 is 0 Å². The van der Waals surface area contributed by atoms with Gasteiger partial charge in [-0.1, -0.05) is 40.6 Å². The molecule has 3 aromatic rings. The van der Waals surface area contributed by atoms with Crippen LogP contribution < -0.4 is 9.64 Å². The number of amides is 1. The van der Waals surface area contributed by atoms with Crippen LogP contribution in [-0.4, -0.2) is 62.3 Å². The number of aromatic nitrogens is 1. The van der Waals surface area contributed by atoms with E-state index in [9.17, 15) is 4.79 Å². The first-order valence-electron chi connectivity index (χ1n) is 10.5. The number of carbonyl (C=O) groups is 1. The highest BCUT2D eigenvalue weighted by Gasteiger charge is 2.25. The van der Waals surface area contributed by atoms with E-state index >= 15 is 0 Å². The van der Waals surface area contributed by atoms with Crippen molar-refractivity contribution in [3.05, 3.63) is 51.5 Å². The highest BCUT2D eigenvalue weighted by molar-refractivity contribution is 7.23. The molecule has 0 N–H and O–H groups in total. The van der Waals surface area contributed by atoms with Crippen molar-refractivity contribution in [2.75, 3.05) is 51.4 Å². The Kier molecular flexibility index (Phi) is 7.53. The van der Waals surface area contributed by atoms with E-state index in [1.807, 2.05) is 19.1 Å². The number of anilines is 1. The first-order valence-corrected chi connectivity index (χ1v) is 12.1. The number of ether oxygens (including phenoxy) is 2. The minimum atomic E-state index is -0.195. The van der Waals surface area contributed by atoms with Crippen LogP contribution in [0.15, 0.2) is 30.3 Å². The van der Waals surface area contributed by atoms with E-state index in [2.05, 4.69) is 4.90 Å². The maximum atomic E-state index is 13.7. The third-order valence-corrected chi connectivity index (χ3v) is 7.29. The molecular weight excluding hydrogens is 469 g/mol. The maximum absolute atomic E-state index is 13.7. The summed E-state index contributed by atoms with van der Waals surface area (Å²) in [5.74, 6) is 0.284. The number of nitrogens with zero attached hydrogens (tertiary/aromatic N) is 3. The van der Waals surface area contributed by atoms with Crippen LogP contribution in [0.25, 0.3) is 10.2 Å². The smallest absolute Gasteiger partial charge is 0.263 e. The number of thiazole rings is 1. The van der Waals surface area contributed by atoms with Gasteiger partial charge in [-0.05, 0) is 43.2 Å². The quantitative estimate of drug-likeness (QED) is 0.447. The first kappa shape index (κ1) is 23.3. The van der Waals surface area contributed by atoms with Gasteiger partial charge in [0.15, 0.2) is 5.13 Å². The Hall–Kier alpha value is -1.90. The van der Waals surface area contributed by atoms with Crippen LogP contribution in [0.5, 0.6) is 5.75 Å². The zero-order valence-electron chi connectivity index (χ0n) is 18.1. The molecule has 1 fully saturated rings. The Balaban J connectivity index is 1.66. The summed E-state index contributed by atoms with van der Waals surface area (Å²) in [5.41, 5.74) is 2.25. The van der Waals surface area contributed by atoms with E-state index in [0.29, 0.717) is 33.0 Å². The topological polar surface area (TPSA) is 54.9 Å². The third-order valence-electron chi connectivity index (χ3n) is 5.51. The van der Waals surface area contributed by atoms with E-state index in [-0.39, 0.29) is 5.91 Å². The van der Waals surface area contributed by atoms with E-state index in [4.69, 9.17) is 37.7 Å². The second kappa shape index (κ2) is 10.4. The maximum Gasteiger partial charge on any atom is 0.263 e. The Morgan fingerprint density at radius 3 is 2.75 bits per heavy atom. The minimum Gasteiger partial charge on any atom is -0.496 e. The van der Waals surface area contributed by atoms with Crippen molar-refractivity contribution in [1.82, 2.24) is 9.88 Å². The van der Waals surface area contributed by atoms with Gasteiger partial charge in [-0.15, -0.1) is 0 Å². The number of morpholine rings is 1. The molecule has 1 amide bonds. The highest BCUT2D eigenvalue weighted by atomic mass is 35.5. The molecule has 0 bridgehead atoms. The summed E-state index contributed by atoms with van der Waals surface area (Å²) in [6, 6.07) is 8.87. The van der Waals surface area contributed by atoms with Gasteiger partial charge in [-0.3, -0.25) is 14.6 Å². The molecule has 0 saturated carbocycles. The summed E-state index contributed by atoms with van der Waals surface area (Å²) < 4.78 is 11.8. The fourth-order valence-electron chi connectivity index (χ4n) is 3.76. The molecule has 0 aliphatic carbocycles. The Bertz CT molecular complexity index is 1080. The van der Waals surface area contributed by atoms with E-state index in [1.165, 1.54) is 11.3 Å². The lowest BCUT2D eigenvalue weighted by Crippen LogP contribution is -2.39. The van der Waals surface area contributed by atoms with Crippen molar-refractivity contribution in [3.63, 3.8) is 0 Å². The second-order valence-corrected chi connectivity index (χ2v) is 9.47. The van der Waals surface area contributed by atoms with Crippen molar-refractivity contribution in [2.45, 2.75) is 13.3 Å². The molecular formula is C23H25Cl2N3O3S. The van der Waals surface area contributed by atoms with Gasteiger partial charge in [0.2, 0.25) is 0 Å². The zero-order valence-corrected chi connectivity index (χ0v) is 20.4. The first-order chi connectivity index (χ1) is 15.5. The minimum absolute atomic E-state index is 0.195. The molecule has 2 aromatic carbocycles. The van der Waals surface area contributed by atoms with Gasteiger partial charge in [0, 0.05) is 31.2 Å². The summed E-state index contributed by atoms with van der Waals surface area (Å²) >= 11 is 14.1. The molecule has 4 rings (SSSR count). The van der Waals surface area contributed by atoms with Crippen molar-refractivity contribution < 1.29 is 14.3 Å². The van der Waals surface area contributed by atoms with E-state index in [1.54, 1.807) is 30.2 Å². The van der Waals surface area contributed by atoms with Gasteiger partial charge in [0.25, 0.3) is 5.91 Å². The van der Waals surface area contributed by atoms with Crippen LogP contribution in [0, 0.1) is 6.92 Å². The lowest BCUT2D eigenvalue weighted by Gasteiger charge is -2.28. The van der Waals surface area contributed by atoms with Crippen LogP contribution in [0.3, 0.4) is 0 Å². The Morgan fingerprint density at radius 2 is 2.03 bits per heavy atom. The van der Waals surface area contributed by atoms with Gasteiger partial charge in [0.1, 0.15) is 5.75 Å². The van der Waals surface area contributed by atoms with Crippen LogP contribution in [0.1, 0.15) is 22.3 Å². The van der Waals surface area contributed by atoms with Gasteiger partial charge < -0.3 is 9.47 Å². The number of hydrogen-bond acceptors (Lipinski definition) is 6. The molecule has 2 heterocycles. The van der Waals surface area contributed by atoms with Gasteiger partial charge in [0.05, 0.1) is 41.1 Å². The molecule has 9 heteroatoms. The summed E-state index contributed by atoms with van der Waals surface area (Å²) in [7, 11) is 1.55. The molecule has 1 saturated heterocycles. The zero-order chi connectivity index (χ0) is 22.7. The summed E-state index contributed by atoms with van der Waals surface area (Å²) in [6.07, 6.45) is 0.803. The number of carbonyl (C=O) groups excluding carboxylic acids is 1. The third kappa shape index (κ3) is 5.02. The lowest BCUT2D eigenvalue weighted by atomic mass is 10.1. The fraction of sp³-hybridized carbons (Fsp3) is 0.391. The molecule has 0 spiro atoms. The Morgan fingerprint density at radius 1 is 1.25 bits per heavy atom. The van der Waals surface area contributed by atoms with Crippen LogP contribution in [-0.2, 0) is 4.74 Å². The number of rotatable bonds is 7. The van der Waals surface area contributed by atoms with Gasteiger partial charge in [-0.25, -0.2) is 4.98 Å². The summed E-state index contributed by atoms with van der Waals surface area (Å²) in [5, 5.41) is 1.73. The molecule has 1 aliphatic rings. The van der Waals surface area contributed by atoms with Crippen LogP contribution in [0.2, 0.25) is 10.0 Å². The van der Waals surface area contributed by atoms with Crippen molar-refractivity contribution in [1.29, 1.82) is 0 Å². The number of hydrogen-bond donors (Lipinski definition) is 0. The van der Waals surface area contributed by atoms with Gasteiger partial charge in [-0.2, -0.15) is 0 Å². The Labute approximate surface area is 201 Å². The van der Waals surface area contributed by atoms with E-state index in [0.717, 1.165) is 55.0 Å². The largest absolute Gasteiger partial charge is 0.496 e. The van der Waals surface area contributed by atoms with Crippen molar-refractivity contribution >= 4 is 55.8 Å². The van der Waals surface area contributed by atoms with Crippen molar-refractivity contribution in [3.8, 4) is 5.75 Å².